The Balaban J connectivity index is 2.51. The van der Waals surface area contributed by atoms with Gasteiger partial charge in [-0.15, -0.1) is 0 Å². The zero-order valence-electron chi connectivity index (χ0n) is 12.9. The molecule has 7 heteroatoms. The fraction of sp³-hybridized carbons (Fsp3) is 0.118. The van der Waals surface area contributed by atoms with Gasteiger partial charge in [-0.1, -0.05) is 30.3 Å². The molecule has 0 radical (unpaired) electrons. The topological polar surface area (TPSA) is 109 Å². The third-order valence-corrected chi connectivity index (χ3v) is 3.65. The van der Waals surface area contributed by atoms with Gasteiger partial charge in [-0.2, -0.15) is 0 Å². The molecular weight excluding hydrogens is 316 g/mol. The summed E-state index contributed by atoms with van der Waals surface area (Å²) in [5.74, 6) is -2.33. The maximum Gasteiger partial charge on any atom is 0.294 e. The molecule has 24 heavy (non-hydrogen) atoms. The van der Waals surface area contributed by atoms with E-state index in [1.165, 1.54) is 14.2 Å². The fourth-order valence-electron chi connectivity index (χ4n) is 2.57. The predicted octanol–water partition coefficient (Wildman–Crippen LogP) is 2.59. The summed E-state index contributed by atoms with van der Waals surface area (Å²) < 4.78 is 15.4. The fourth-order valence-corrected chi connectivity index (χ4v) is 2.57. The van der Waals surface area contributed by atoms with Crippen LogP contribution >= 0.6 is 0 Å². The van der Waals surface area contributed by atoms with Crippen LogP contribution in [0.15, 0.2) is 39.5 Å². The van der Waals surface area contributed by atoms with Crippen molar-refractivity contribution < 1.29 is 29.2 Å². The predicted molar refractivity (Wildman–Crippen MR) is 86.0 cm³/mol. The molecule has 0 unspecified atom stereocenters. The molecule has 1 aromatic heterocycles. The van der Waals surface area contributed by atoms with Gasteiger partial charge in [0.25, 0.3) is 5.95 Å². The minimum Gasteiger partial charge on any atom is -0.504 e. The number of aromatic hydroxyl groups is 3. The number of methoxy groups -OCH3 is 2. The molecule has 0 saturated heterocycles. The van der Waals surface area contributed by atoms with Crippen LogP contribution in [0, 0.1) is 0 Å². The van der Waals surface area contributed by atoms with E-state index in [0.717, 1.165) is 0 Å². The van der Waals surface area contributed by atoms with Gasteiger partial charge in [0.15, 0.2) is 11.3 Å². The Kier molecular flexibility index (Phi) is 3.69. The second-order valence-electron chi connectivity index (χ2n) is 4.95. The van der Waals surface area contributed by atoms with Gasteiger partial charge >= 0.3 is 0 Å². The Hall–Kier alpha value is -3.35. The Morgan fingerprint density at radius 1 is 0.917 bits per heavy atom. The lowest BCUT2D eigenvalue weighted by Gasteiger charge is -2.14. The van der Waals surface area contributed by atoms with Crippen molar-refractivity contribution in [1.82, 2.24) is 0 Å². The van der Waals surface area contributed by atoms with Gasteiger partial charge in [0.05, 0.1) is 14.2 Å². The lowest BCUT2D eigenvalue weighted by atomic mass is 10.0. The monoisotopic (exact) mass is 330 g/mol. The van der Waals surface area contributed by atoms with Crippen LogP contribution in [0.4, 0.5) is 0 Å². The van der Waals surface area contributed by atoms with Gasteiger partial charge < -0.3 is 29.2 Å². The SMILES string of the molecule is COc1c(O)c(O)c2c(=O)c(-c3ccccc3)c(O)oc2c1OC. The van der Waals surface area contributed by atoms with Gasteiger partial charge in [0.2, 0.25) is 22.7 Å². The number of hydrogen-bond donors (Lipinski definition) is 3. The molecule has 0 fully saturated rings. The van der Waals surface area contributed by atoms with Crippen molar-refractivity contribution in [3.63, 3.8) is 0 Å². The summed E-state index contributed by atoms with van der Waals surface area (Å²) in [5.41, 5.74) is -0.676. The quantitative estimate of drug-likeness (QED) is 0.633. The minimum absolute atomic E-state index is 0.116. The van der Waals surface area contributed by atoms with Crippen LogP contribution in [0.1, 0.15) is 0 Å². The molecule has 0 aliphatic rings. The van der Waals surface area contributed by atoms with Gasteiger partial charge in [0, 0.05) is 0 Å². The smallest absolute Gasteiger partial charge is 0.294 e. The van der Waals surface area contributed by atoms with Crippen LogP contribution < -0.4 is 14.9 Å². The standard InChI is InChI=1S/C17H14O7/c1-22-15-13(20)12(19)10-11(18)9(8-6-4-3-5-7-8)17(21)24-14(10)16(15)23-2/h3-7,19-21H,1-2H3. The normalized spacial score (nSPS) is 10.8. The van der Waals surface area contributed by atoms with Gasteiger partial charge in [-0.25, -0.2) is 0 Å². The summed E-state index contributed by atoms with van der Waals surface area (Å²) in [5, 5.41) is 30.1. The summed E-state index contributed by atoms with van der Waals surface area (Å²) in [4.78, 5) is 12.8. The summed E-state index contributed by atoms with van der Waals surface area (Å²) in [6.45, 7) is 0. The van der Waals surface area contributed by atoms with Crippen LogP contribution in [0.25, 0.3) is 22.1 Å². The van der Waals surface area contributed by atoms with Crippen LogP contribution in [0.3, 0.4) is 0 Å². The molecule has 0 aliphatic heterocycles. The van der Waals surface area contributed by atoms with E-state index in [-0.39, 0.29) is 28.0 Å². The second-order valence-corrected chi connectivity index (χ2v) is 4.95. The Morgan fingerprint density at radius 2 is 1.54 bits per heavy atom. The molecule has 0 atom stereocenters. The maximum absolute atomic E-state index is 12.8. The zero-order valence-corrected chi connectivity index (χ0v) is 12.9. The average Bonchev–Trinajstić information content (AvgIpc) is 2.58. The van der Waals surface area contributed by atoms with Crippen LogP contribution in [-0.2, 0) is 0 Å². The molecule has 3 aromatic rings. The summed E-state index contributed by atoms with van der Waals surface area (Å²) in [6, 6.07) is 8.33. The van der Waals surface area contributed by atoms with E-state index in [1.807, 2.05) is 0 Å². The number of phenols is 2. The molecule has 1 heterocycles. The molecule has 0 aliphatic carbocycles. The highest BCUT2D eigenvalue weighted by Crippen LogP contribution is 2.50. The molecule has 0 saturated carbocycles. The first-order chi connectivity index (χ1) is 11.5. The molecular formula is C17H14O7. The number of benzene rings is 2. The maximum atomic E-state index is 12.8. The van der Waals surface area contributed by atoms with Crippen molar-refractivity contribution in [2.24, 2.45) is 0 Å². The van der Waals surface area contributed by atoms with Crippen molar-refractivity contribution in [2.45, 2.75) is 0 Å². The van der Waals surface area contributed by atoms with E-state index in [2.05, 4.69) is 0 Å². The van der Waals surface area contributed by atoms with Crippen molar-refractivity contribution in [3.05, 3.63) is 40.6 Å². The van der Waals surface area contributed by atoms with Gasteiger partial charge in [-0.05, 0) is 5.56 Å². The molecule has 2 aromatic carbocycles. The Bertz CT molecular complexity index is 974. The van der Waals surface area contributed by atoms with E-state index >= 15 is 0 Å². The van der Waals surface area contributed by atoms with Gasteiger partial charge in [0.1, 0.15) is 10.9 Å². The van der Waals surface area contributed by atoms with Gasteiger partial charge in [-0.3, -0.25) is 4.79 Å². The second kappa shape index (κ2) is 5.69. The van der Waals surface area contributed by atoms with Crippen molar-refractivity contribution in [1.29, 1.82) is 0 Å². The zero-order chi connectivity index (χ0) is 17.4. The van der Waals surface area contributed by atoms with E-state index in [1.54, 1.807) is 30.3 Å². The number of fused-ring (bicyclic) bond motifs is 1. The molecule has 0 spiro atoms. The molecule has 3 N–H and O–H groups in total. The molecule has 124 valence electrons. The van der Waals surface area contributed by atoms with Crippen LogP contribution in [0.5, 0.6) is 28.9 Å². The molecule has 3 rings (SSSR count). The van der Waals surface area contributed by atoms with E-state index < -0.39 is 22.9 Å². The molecule has 7 nitrogen and oxygen atoms in total. The largest absolute Gasteiger partial charge is 0.504 e. The highest BCUT2D eigenvalue weighted by Gasteiger charge is 2.27. The number of phenolic OH excluding ortho intramolecular Hbond substituents is 2. The van der Waals surface area contributed by atoms with Crippen LogP contribution in [-0.4, -0.2) is 29.5 Å². The van der Waals surface area contributed by atoms with Crippen LogP contribution in [0.2, 0.25) is 0 Å². The molecule has 0 amide bonds. The Labute approximate surface area is 135 Å². The van der Waals surface area contributed by atoms with E-state index in [4.69, 9.17) is 13.9 Å². The van der Waals surface area contributed by atoms with Crippen molar-refractivity contribution >= 4 is 11.0 Å². The highest BCUT2D eigenvalue weighted by molar-refractivity contribution is 5.97. The number of rotatable bonds is 3. The average molecular weight is 330 g/mol. The highest BCUT2D eigenvalue weighted by atomic mass is 16.5. The third kappa shape index (κ3) is 2.10. The summed E-state index contributed by atoms with van der Waals surface area (Å²) in [7, 11) is 2.52. The number of ether oxygens (including phenoxy) is 2. The van der Waals surface area contributed by atoms with E-state index in [0.29, 0.717) is 5.56 Å². The van der Waals surface area contributed by atoms with Crippen molar-refractivity contribution in [3.8, 4) is 40.1 Å². The summed E-state index contributed by atoms with van der Waals surface area (Å²) >= 11 is 0. The lowest BCUT2D eigenvalue weighted by Crippen LogP contribution is -2.07. The minimum atomic E-state index is -0.714. The Morgan fingerprint density at radius 3 is 2.12 bits per heavy atom. The van der Waals surface area contributed by atoms with Crippen molar-refractivity contribution in [2.75, 3.05) is 14.2 Å². The summed E-state index contributed by atoms with van der Waals surface area (Å²) in [6.07, 6.45) is 0. The van der Waals surface area contributed by atoms with E-state index in [9.17, 15) is 20.1 Å². The first-order valence-corrected chi connectivity index (χ1v) is 6.92. The first-order valence-electron chi connectivity index (χ1n) is 6.92. The number of hydrogen-bond acceptors (Lipinski definition) is 7. The third-order valence-electron chi connectivity index (χ3n) is 3.65. The molecule has 0 bridgehead atoms. The lowest BCUT2D eigenvalue weighted by molar-refractivity contribution is 0.309. The first kappa shape index (κ1) is 15.5.